The smallest absolute Gasteiger partial charge is 0.129 e. The van der Waals surface area contributed by atoms with Crippen LogP contribution in [0.4, 0.5) is 4.39 Å². The second kappa shape index (κ2) is 3.70. The fourth-order valence-corrected chi connectivity index (χ4v) is 1.88. The highest BCUT2D eigenvalue weighted by molar-refractivity contribution is 5.25. The lowest BCUT2D eigenvalue weighted by Crippen LogP contribution is -2.20. The number of hydrogen-bond acceptors (Lipinski definition) is 1. The van der Waals surface area contributed by atoms with Crippen LogP contribution < -0.4 is 0 Å². The lowest BCUT2D eigenvalue weighted by Gasteiger charge is -2.30. The van der Waals surface area contributed by atoms with Crippen molar-refractivity contribution in [3.8, 4) is 0 Å². The molecule has 0 radical (unpaired) electrons. The van der Waals surface area contributed by atoms with Gasteiger partial charge in [-0.1, -0.05) is 18.6 Å². The summed E-state index contributed by atoms with van der Waals surface area (Å²) in [5.41, 5.74) is 1.35. The highest BCUT2D eigenvalue weighted by Gasteiger charge is 2.28. The normalized spacial score (nSPS) is 19.1. The molecular weight excluding hydrogens is 179 g/mol. The van der Waals surface area contributed by atoms with Gasteiger partial charge in [0.05, 0.1) is 6.10 Å². The van der Waals surface area contributed by atoms with Gasteiger partial charge in [0.1, 0.15) is 5.82 Å². The Morgan fingerprint density at radius 3 is 2.64 bits per heavy atom. The van der Waals surface area contributed by atoms with Gasteiger partial charge in [-0.25, -0.2) is 4.39 Å². The van der Waals surface area contributed by atoms with Crippen molar-refractivity contribution in [2.75, 3.05) is 0 Å². The van der Waals surface area contributed by atoms with Gasteiger partial charge in [0, 0.05) is 5.56 Å². The third kappa shape index (κ3) is 1.67. The molecule has 0 bridgehead atoms. The molecule has 1 aromatic rings. The highest BCUT2D eigenvalue weighted by Crippen LogP contribution is 2.38. The number of aliphatic hydroxyl groups excluding tert-OH is 1. The van der Waals surface area contributed by atoms with Crippen LogP contribution in [0.15, 0.2) is 18.2 Å². The number of aryl methyl sites for hydroxylation is 1. The Labute approximate surface area is 83.6 Å². The average molecular weight is 194 g/mol. The topological polar surface area (TPSA) is 20.2 Å². The van der Waals surface area contributed by atoms with Crippen LogP contribution in [0.5, 0.6) is 0 Å². The Balaban J connectivity index is 2.22. The fourth-order valence-electron chi connectivity index (χ4n) is 1.88. The van der Waals surface area contributed by atoms with Crippen molar-refractivity contribution in [3.05, 3.63) is 35.1 Å². The summed E-state index contributed by atoms with van der Waals surface area (Å²) in [6, 6.07) is 5.03. The Kier molecular flexibility index (Phi) is 2.55. The van der Waals surface area contributed by atoms with Crippen LogP contribution in [0.3, 0.4) is 0 Å². The lowest BCUT2D eigenvalue weighted by atomic mass is 9.78. The van der Waals surface area contributed by atoms with E-state index in [9.17, 15) is 9.50 Å². The summed E-state index contributed by atoms with van der Waals surface area (Å²) >= 11 is 0. The largest absolute Gasteiger partial charge is 0.388 e. The van der Waals surface area contributed by atoms with Crippen molar-refractivity contribution in [1.29, 1.82) is 0 Å². The summed E-state index contributed by atoms with van der Waals surface area (Å²) in [5, 5.41) is 9.87. The van der Waals surface area contributed by atoms with E-state index < -0.39 is 6.10 Å². The molecule has 0 spiro atoms. The van der Waals surface area contributed by atoms with E-state index in [-0.39, 0.29) is 11.7 Å². The number of benzene rings is 1. The Morgan fingerprint density at radius 1 is 1.43 bits per heavy atom. The summed E-state index contributed by atoms with van der Waals surface area (Å²) in [6.45, 7) is 1.85. The molecule has 14 heavy (non-hydrogen) atoms. The van der Waals surface area contributed by atoms with Crippen molar-refractivity contribution < 1.29 is 9.50 Å². The van der Waals surface area contributed by atoms with Crippen LogP contribution in [-0.2, 0) is 0 Å². The average Bonchev–Trinajstić information content (AvgIpc) is 2.00. The molecule has 1 fully saturated rings. The van der Waals surface area contributed by atoms with Gasteiger partial charge in [-0.3, -0.25) is 0 Å². The third-order valence-electron chi connectivity index (χ3n) is 3.07. The number of rotatable bonds is 2. The van der Waals surface area contributed by atoms with Crippen LogP contribution in [0.1, 0.15) is 36.5 Å². The molecule has 1 aliphatic carbocycles. The maximum Gasteiger partial charge on any atom is 0.129 e. The van der Waals surface area contributed by atoms with Gasteiger partial charge in [-0.15, -0.1) is 0 Å². The zero-order valence-corrected chi connectivity index (χ0v) is 8.33. The van der Waals surface area contributed by atoms with E-state index >= 15 is 0 Å². The van der Waals surface area contributed by atoms with Crippen molar-refractivity contribution in [1.82, 2.24) is 0 Å². The molecule has 1 nitrogen and oxygen atoms in total. The Hall–Kier alpha value is -0.890. The molecule has 1 unspecified atom stereocenters. The molecule has 2 rings (SSSR count). The third-order valence-corrected chi connectivity index (χ3v) is 3.07. The minimum atomic E-state index is -0.607. The molecule has 1 atom stereocenters. The first-order chi connectivity index (χ1) is 6.68. The van der Waals surface area contributed by atoms with E-state index in [1.165, 1.54) is 6.07 Å². The maximum atomic E-state index is 13.5. The standard InChI is InChI=1S/C12H15FO/c1-8-5-6-10(11(13)7-8)12(14)9-3-2-4-9/h5-7,9,12,14H,2-4H2,1H3. The summed E-state index contributed by atoms with van der Waals surface area (Å²) < 4.78 is 13.5. The summed E-state index contributed by atoms with van der Waals surface area (Å²) in [6.07, 6.45) is 2.60. The van der Waals surface area contributed by atoms with Crippen LogP contribution in [0.25, 0.3) is 0 Å². The molecule has 0 heterocycles. The molecule has 1 saturated carbocycles. The monoisotopic (exact) mass is 194 g/mol. The van der Waals surface area contributed by atoms with Crippen LogP contribution in [-0.4, -0.2) is 5.11 Å². The molecular formula is C12H15FO. The van der Waals surface area contributed by atoms with E-state index in [1.807, 2.05) is 13.0 Å². The molecule has 0 amide bonds. The van der Waals surface area contributed by atoms with Crippen molar-refractivity contribution in [2.24, 2.45) is 5.92 Å². The van der Waals surface area contributed by atoms with E-state index in [2.05, 4.69) is 0 Å². The molecule has 0 aliphatic heterocycles. The van der Waals surface area contributed by atoms with Crippen molar-refractivity contribution >= 4 is 0 Å². The first-order valence-electron chi connectivity index (χ1n) is 5.12. The number of aliphatic hydroxyl groups is 1. The highest BCUT2D eigenvalue weighted by atomic mass is 19.1. The second-order valence-corrected chi connectivity index (χ2v) is 4.16. The quantitative estimate of drug-likeness (QED) is 0.767. The summed E-state index contributed by atoms with van der Waals surface area (Å²) in [4.78, 5) is 0. The first-order valence-corrected chi connectivity index (χ1v) is 5.12. The van der Waals surface area contributed by atoms with Crippen molar-refractivity contribution in [3.63, 3.8) is 0 Å². The molecule has 1 N–H and O–H groups in total. The maximum absolute atomic E-state index is 13.5. The first kappa shape index (κ1) is 9.66. The van der Waals surface area contributed by atoms with Gasteiger partial charge >= 0.3 is 0 Å². The minimum absolute atomic E-state index is 0.271. The Morgan fingerprint density at radius 2 is 2.14 bits per heavy atom. The van der Waals surface area contributed by atoms with Crippen LogP contribution in [0, 0.1) is 18.7 Å². The molecule has 2 heteroatoms. The summed E-state index contributed by atoms with van der Waals surface area (Å²) in [7, 11) is 0. The van der Waals surface area contributed by atoms with Crippen LogP contribution >= 0.6 is 0 Å². The summed E-state index contributed by atoms with van der Waals surface area (Å²) in [5.74, 6) is -0.00314. The van der Waals surface area contributed by atoms with Gasteiger partial charge in [-0.2, -0.15) is 0 Å². The SMILES string of the molecule is Cc1ccc(C(O)C2CCC2)c(F)c1. The van der Waals surface area contributed by atoms with Gasteiger partial charge < -0.3 is 5.11 Å². The van der Waals surface area contributed by atoms with E-state index in [1.54, 1.807) is 6.07 Å². The molecule has 76 valence electrons. The Bertz CT molecular complexity index is 331. The zero-order chi connectivity index (χ0) is 10.1. The van der Waals surface area contributed by atoms with Gasteiger partial charge in [-0.05, 0) is 37.3 Å². The van der Waals surface area contributed by atoms with Gasteiger partial charge in [0.15, 0.2) is 0 Å². The van der Waals surface area contributed by atoms with Gasteiger partial charge in [0.2, 0.25) is 0 Å². The van der Waals surface area contributed by atoms with Gasteiger partial charge in [0.25, 0.3) is 0 Å². The molecule has 0 saturated heterocycles. The zero-order valence-electron chi connectivity index (χ0n) is 8.33. The molecule has 1 aliphatic rings. The number of halogens is 1. The molecule has 0 aromatic heterocycles. The predicted octanol–water partition coefficient (Wildman–Crippen LogP) is 2.97. The lowest BCUT2D eigenvalue weighted by molar-refractivity contribution is 0.0592. The van der Waals surface area contributed by atoms with Crippen molar-refractivity contribution in [2.45, 2.75) is 32.3 Å². The van der Waals surface area contributed by atoms with Crippen LogP contribution in [0.2, 0.25) is 0 Å². The number of hydrogen-bond donors (Lipinski definition) is 1. The van der Waals surface area contributed by atoms with E-state index in [4.69, 9.17) is 0 Å². The predicted molar refractivity (Wildman–Crippen MR) is 53.4 cm³/mol. The fraction of sp³-hybridized carbons (Fsp3) is 0.500. The molecule has 1 aromatic carbocycles. The minimum Gasteiger partial charge on any atom is -0.388 e. The van der Waals surface area contributed by atoms with E-state index in [0.717, 1.165) is 24.8 Å². The second-order valence-electron chi connectivity index (χ2n) is 4.16. The van der Waals surface area contributed by atoms with E-state index in [0.29, 0.717) is 5.56 Å².